The number of hydrogen-bond acceptors (Lipinski definition) is 2. The molecule has 0 spiro atoms. The lowest BCUT2D eigenvalue weighted by Crippen LogP contribution is -2.29. The lowest BCUT2D eigenvalue weighted by Gasteiger charge is -2.13. The van der Waals surface area contributed by atoms with Crippen LogP contribution in [0.15, 0.2) is 0 Å². The van der Waals surface area contributed by atoms with Crippen LogP contribution < -0.4 is 0 Å². The van der Waals surface area contributed by atoms with Gasteiger partial charge in [0.05, 0.1) is 11.5 Å². The first-order valence-electron chi connectivity index (χ1n) is 3.57. The fourth-order valence-corrected chi connectivity index (χ4v) is 1.80. The molecule has 1 heterocycles. The van der Waals surface area contributed by atoms with Gasteiger partial charge in [0, 0.05) is 13.1 Å². The summed E-state index contributed by atoms with van der Waals surface area (Å²) < 4.78 is 0. The Morgan fingerprint density at radius 3 is 2.91 bits per heavy atom. The monoisotopic (exact) mass is 152 g/mol. The van der Waals surface area contributed by atoms with Gasteiger partial charge in [-0.25, -0.2) is 4.79 Å². The van der Waals surface area contributed by atoms with Crippen LogP contribution in [0.25, 0.3) is 0 Å². The molecule has 0 aromatic rings. The van der Waals surface area contributed by atoms with E-state index in [2.05, 4.69) is 6.07 Å². The fraction of sp³-hybridized carbons (Fsp3) is 0.714. The Balaban J connectivity index is 2.09. The van der Waals surface area contributed by atoms with Gasteiger partial charge in [-0.2, -0.15) is 5.26 Å². The maximum absolute atomic E-state index is 10.4. The van der Waals surface area contributed by atoms with Gasteiger partial charge in [0.2, 0.25) is 0 Å². The van der Waals surface area contributed by atoms with E-state index in [1.807, 2.05) is 0 Å². The molecule has 0 aromatic heterocycles. The van der Waals surface area contributed by atoms with E-state index in [1.54, 1.807) is 0 Å². The molecule has 0 bridgehead atoms. The Morgan fingerprint density at radius 1 is 1.82 bits per heavy atom. The number of carbonyl (C=O) groups is 1. The average molecular weight is 152 g/mol. The maximum atomic E-state index is 10.4. The predicted molar refractivity (Wildman–Crippen MR) is 35.8 cm³/mol. The molecule has 1 N–H and O–H groups in total. The van der Waals surface area contributed by atoms with E-state index < -0.39 is 6.09 Å². The number of nitriles is 1. The molecule has 1 amide bonds. The van der Waals surface area contributed by atoms with Gasteiger partial charge in [-0.15, -0.1) is 0 Å². The normalized spacial score (nSPS) is 39.5. The third kappa shape index (κ3) is 0.709. The first-order valence-corrected chi connectivity index (χ1v) is 3.57. The van der Waals surface area contributed by atoms with Crippen LogP contribution in [0.1, 0.15) is 6.42 Å². The number of fused-ring (bicyclic) bond motifs is 1. The number of carboxylic acid groups (broad SMARTS) is 1. The topological polar surface area (TPSA) is 64.3 Å². The van der Waals surface area contributed by atoms with Crippen LogP contribution in [-0.2, 0) is 0 Å². The van der Waals surface area contributed by atoms with Crippen molar-refractivity contribution in [1.82, 2.24) is 4.90 Å². The summed E-state index contributed by atoms with van der Waals surface area (Å²) in [5, 5.41) is 17.3. The minimum absolute atomic E-state index is 0.293. The summed E-state index contributed by atoms with van der Waals surface area (Å²) in [7, 11) is 0. The van der Waals surface area contributed by atoms with E-state index in [0.717, 1.165) is 6.42 Å². The summed E-state index contributed by atoms with van der Waals surface area (Å²) in [6.07, 6.45) is -0.000347. The van der Waals surface area contributed by atoms with Crippen molar-refractivity contribution >= 4 is 6.09 Å². The number of piperidine rings is 1. The second-order valence-corrected chi connectivity index (χ2v) is 3.33. The van der Waals surface area contributed by atoms with Crippen molar-refractivity contribution in [3.05, 3.63) is 0 Å². The van der Waals surface area contributed by atoms with E-state index >= 15 is 0 Å². The molecule has 11 heavy (non-hydrogen) atoms. The van der Waals surface area contributed by atoms with Crippen molar-refractivity contribution < 1.29 is 9.90 Å². The minimum Gasteiger partial charge on any atom is -0.465 e. The molecule has 2 rings (SSSR count). The third-order valence-corrected chi connectivity index (χ3v) is 2.64. The summed E-state index contributed by atoms with van der Waals surface area (Å²) in [6.45, 7) is 0.979. The number of likely N-dealkylation sites (tertiary alicyclic amines) is 1. The molecule has 4 nitrogen and oxygen atoms in total. The zero-order valence-corrected chi connectivity index (χ0v) is 5.95. The average Bonchev–Trinajstić information content (AvgIpc) is 2.55. The van der Waals surface area contributed by atoms with Crippen LogP contribution in [0, 0.1) is 22.7 Å². The molecule has 2 aliphatic rings. The van der Waals surface area contributed by atoms with Crippen molar-refractivity contribution in [2.45, 2.75) is 6.42 Å². The standard InChI is InChI=1S/C7H8N2O2/c8-3-7-1-5(7)2-9(4-7)6(10)11/h5H,1-2,4H2,(H,10,11). The van der Waals surface area contributed by atoms with Crippen molar-refractivity contribution in [2.24, 2.45) is 11.3 Å². The van der Waals surface area contributed by atoms with Gasteiger partial charge >= 0.3 is 6.09 Å². The second-order valence-electron chi connectivity index (χ2n) is 3.33. The van der Waals surface area contributed by atoms with Crippen LogP contribution >= 0.6 is 0 Å². The summed E-state index contributed by atoms with van der Waals surface area (Å²) in [5.74, 6) is 0.323. The fourth-order valence-electron chi connectivity index (χ4n) is 1.80. The Morgan fingerprint density at radius 2 is 2.55 bits per heavy atom. The molecule has 1 saturated carbocycles. The quantitative estimate of drug-likeness (QED) is 0.550. The Kier molecular flexibility index (Phi) is 0.984. The van der Waals surface area contributed by atoms with Gasteiger partial charge in [0.1, 0.15) is 0 Å². The van der Waals surface area contributed by atoms with Crippen LogP contribution in [0.4, 0.5) is 4.79 Å². The largest absolute Gasteiger partial charge is 0.465 e. The highest BCUT2D eigenvalue weighted by molar-refractivity contribution is 5.66. The van der Waals surface area contributed by atoms with E-state index in [9.17, 15) is 4.79 Å². The summed E-state index contributed by atoms with van der Waals surface area (Å²) in [6, 6.07) is 2.19. The highest BCUT2D eigenvalue weighted by Crippen LogP contribution is 2.57. The number of nitrogens with zero attached hydrogens (tertiary/aromatic N) is 2. The van der Waals surface area contributed by atoms with Crippen LogP contribution in [0.5, 0.6) is 0 Å². The molecule has 2 atom stereocenters. The summed E-state index contributed by atoms with van der Waals surface area (Å²) in [4.78, 5) is 11.8. The van der Waals surface area contributed by atoms with Gasteiger partial charge in [-0.05, 0) is 12.3 Å². The lowest BCUT2D eigenvalue weighted by molar-refractivity contribution is 0.149. The molecule has 1 saturated heterocycles. The first-order chi connectivity index (χ1) is 5.18. The highest BCUT2D eigenvalue weighted by Gasteiger charge is 2.61. The zero-order valence-electron chi connectivity index (χ0n) is 5.95. The molecule has 2 fully saturated rings. The van der Waals surface area contributed by atoms with E-state index in [0.29, 0.717) is 19.0 Å². The SMILES string of the molecule is N#CC12CC1CN(C(=O)O)C2. The maximum Gasteiger partial charge on any atom is 0.407 e. The molecule has 1 aliphatic heterocycles. The Bertz CT molecular complexity index is 258. The molecule has 0 aromatic carbocycles. The van der Waals surface area contributed by atoms with Crippen LogP contribution in [-0.4, -0.2) is 29.2 Å². The van der Waals surface area contributed by atoms with Crippen LogP contribution in [0.2, 0.25) is 0 Å². The molecular formula is C7H8N2O2. The van der Waals surface area contributed by atoms with Crippen LogP contribution in [0.3, 0.4) is 0 Å². The third-order valence-electron chi connectivity index (χ3n) is 2.64. The zero-order chi connectivity index (χ0) is 8.06. The van der Waals surface area contributed by atoms with Gasteiger partial charge < -0.3 is 10.0 Å². The number of hydrogen-bond donors (Lipinski definition) is 1. The van der Waals surface area contributed by atoms with Gasteiger partial charge in [0.15, 0.2) is 0 Å². The van der Waals surface area contributed by atoms with Crippen molar-refractivity contribution in [3.8, 4) is 6.07 Å². The van der Waals surface area contributed by atoms with Gasteiger partial charge in [-0.1, -0.05) is 0 Å². The predicted octanol–water partition coefficient (Wildman–Crippen LogP) is 0.510. The van der Waals surface area contributed by atoms with E-state index in [1.165, 1.54) is 4.90 Å². The highest BCUT2D eigenvalue weighted by atomic mass is 16.4. The molecule has 58 valence electrons. The van der Waals surface area contributed by atoms with Gasteiger partial charge in [-0.3, -0.25) is 0 Å². The molecular weight excluding hydrogens is 144 g/mol. The lowest BCUT2D eigenvalue weighted by atomic mass is 10.1. The van der Waals surface area contributed by atoms with E-state index in [-0.39, 0.29) is 5.41 Å². The Labute approximate surface area is 64.0 Å². The molecule has 1 aliphatic carbocycles. The minimum atomic E-state index is -0.896. The van der Waals surface area contributed by atoms with E-state index in [4.69, 9.17) is 10.4 Å². The summed E-state index contributed by atoms with van der Waals surface area (Å²) >= 11 is 0. The van der Waals surface area contributed by atoms with Gasteiger partial charge in [0.25, 0.3) is 0 Å². The smallest absolute Gasteiger partial charge is 0.407 e. The molecule has 4 heteroatoms. The van der Waals surface area contributed by atoms with Crippen molar-refractivity contribution in [2.75, 3.05) is 13.1 Å². The first kappa shape index (κ1) is 6.47. The number of amides is 1. The molecule has 2 unspecified atom stereocenters. The van der Waals surface area contributed by atoms with Crippen molar-refractivity contribution in [3.63, 3.8) is 0 Å². The summed E-state index contributed by atoms with van der Waals surface area (Å²) in [5.41, 5.74) is -0.293. The second kappa shape index (κ2) is 1.67. The number of rotatable bonds is 0. The van der Waals surface area contributed by atoms with Crippen molar-refractivity contribution in [1.29, 1.82) is 5.26 Å². The Hall–Kier alpha value is -1.24. The molecule has 0 radical (unpaired) electrons.